The van der Waals surface area contributed by atoms with Crippen LogP contribution in [0, 0.1) is 0 Å². The predicted octanol–water partition coefficient (Wildman–Crippen LogP) is 2.24. The van der Waals surface area contributed by atoms with E-state index in [2.05, 4.69) is 25.3 Å². The first-order chi connectivity index (χ1) is 11.2. The zero-order valence-corrected chi connectivity index (χ0v) is 12.0. The van der Waals surface area contributed by atoms with Gasteiger partial charge in [0.15, 0.2) is 0 Å². The van der Waals surface area contributed by atoms with Gasteiger partial charge in [0.2, 0.25) is 5.95 Å². The lowest BCUT2D eigenvalue weighted by atomic mass is 10.1. The number of nitrogens with one attached hydrogen (secondary N) is 1. The average Bonchev–Trinajstić information content (AvgIpc) is 2.61. The number of rotatable bonds is 5. The fraction of sp³-hybridized carbons (Fsp3) is 0.0625. The number of pyridine rings is 2. The largest absolute Gasteiger partial charge is 0.478 e. The van der Waals surface area contributed by atoms with Crippen molar-refractivity contribution in [3.8, 4) is 11.3 Å². The molecule has 3 aromatic rings. The molecule has 0 aliphatic rings. The third-order valence-electron chi connectivity index (χ3n) is 3.13. The van der Waals surface area contributed by atoms with Crippen molar-refractivity contribution >= 4 is 11.9 Å². The quantitative estimate of drug-likeness (QED) is 0.745. The highest BCUT2D eigenvalue weighted by Gasteiger charge is 2.15. The maximum Gasteiger partial charge on any atom is 0.339 e. The Balaban J connectivity index is 1.90. The molecule has 2 N–H and O–H groups in total. The smallest absolute Gasteiger partial charge is 0.339 e. The fourth-order valence-corrected chi connectivity index (χ4v) is 2.03. The second-order valence-corrected chi connectivity index (χ2v) is 4.67. The molecule has 0 aliphatic heterocycles. The average molecular weight is 307 g/mol. The minimum absolute atomic E-state index is 0.0413. The number of aromatic nitrogens is 4. The highest BCUT2D eigenvalue weighted by atomic mass is 16.4. The van der Waals surface area contributed by atoms with Crippen molar-refractivity contribution in [2.45, 2.75) is 6.54 Å². The summed E-state index contributed by atoms with van der Waals surface area (Å²) in [5.41, 5.74) is 1.89. The molecule has 3 aromatic heterocycles. The summed E-state index contributed by atoms with van der Waals surface area (Å²) in [7, 11) is 0. The molecule has 7 heteroatoms. The summed E-state index contributed by atoms with van der Waals surface area (Å²) in [5.74, 6) is -0.736. The van der Waals surface area contributed by atoms with Crippen LogP contribution in [0.2, 0.25) is 0 Å². The molecule has 114 valence electrons. The summed E-state index contributed by atoms with van der Waals surface area (Å²) in [6, 6.07) is 9.01. The molecule has 23 heavy (non-hydrogen) atoms. The Hall–Kier alpha value is -3.35. The van der Waals surface area contributed by atoms with Crippen molar-refractivity contribution in [2.24, 2.45) is 0 Å². The second-order valence-electron chi connectivity index (χ2n) is 4.67. The number of carbonyl (C=O) groups is 1. The van der Waals surface area contributed by atoms with Crippen LogP contribution in [-0.4, -0.2) is 31.0 Å². The van der Waals surface area contributed by atoms with E-state index in [1.807, 2.05) is 18.2 Å². The van der Waals surface area contributed by atoms with E-state index >= 15 is 0 Å². The van der Waals surface area contributed by atoms with E-state index < -0.39 is 5.97 Å². The molecule has 0 fully saturated rings. The molecule has 0 atom stereocenters. The van der Waals surface area contributed by atoms with E-state index in [9.17, 15) is 9.90 Å². The number of nitrogens with zero attached hydrogens (tertiary/aromatic N) is 4. The van der Waals surface area contributed by atoms with Crippen LogP contribution in [0.25, 0.3) is 11.3 Å². The number of anilines is 1. The van der Waals surface area contributed by atoms with Crippen molar-refractivity contribution in [3.63, 3.8) is 0 Å². The van der Waals surface area contributed by atoms with Gasteiger partial charge in [-0.25, -0.2) is 14.8 Å². The van der Waals surface area contributed by atoms with Crippen molar-refractivity contribution in [1.82, 2.24) is 19.9 Å². The van der Waals surface area contributed by atoms with E-state index in [-0.39, 0.29) is 5.56 Å². The summed E-state index contributed by atoms with van der Waals surface area (Å²) in [6.45, 7) is 0.447. The highest BCUT2D eigenvalue weighted by molar-refractivity contribution is 5.94. The first-order valence-corrected chi connectivity index (χ1v) is 6.88. The summed E-state index contributed by atoms with van der Waals surface area (Å²) >= 11 is 0. The first kappa shape index (κ1) is 14.6. The summed E-state index contributed by atoms with van der Waals surface area (Å²) < 4.78 is 0. The molecule has 0 bridgehead atoms. The van der Waals surface area contributed by atoms with Crippen LogP contribution in [0.4, 0.5) is 5.95 Å². The van der Waals surface area contributed by atoms with E-state index in [1.165, 1.54) is 6.20 Å². The third kappa shape index (κ3) is 3.46. The van der Waals surface area contributed by atoms with Gasteiger partial charge in [0.1, 0.15) is 5.56 Å². The Morgan fingerprint density at radius 1 is 1.09 bits per heavy atom. The van der Waals surface area contributed by atoms with Crippen LogP contribution in [0.15, 0.2) is 55.1 Å². The van der Waals surface area contributed by atoms with Gasteiger partial charge >= 0.3 is 5.97 Å². The zero-order valence-electron chi connectivity index (χ0n) is 12.0. The number of carboxylic acids is 1. The summed E-state index contributed by atoms with van der Waals surface area (Å²) in [6.07, 6.45) is 6.17. The Morgan fingerprint density at radius 3 is 2.61 bits per heavy atom. The number of aromatic carboxylic acids is 1. The first-order valence-electron chi connectivity index (χ1n) is 6.88. The normalized spacial score (nSPS) is 10.3. The fourth-order valence-electron chi connectivity index (χ4n) is 2.03. The van der Waals surface area contributed by atoms with Crippen molar-refractivity contribution in [3.05, 3.63) is 66.4 Å². The molecule has 3 heterocycles. The van der Waals surface area contributed by atoms with Crippen LogP contribution in [-0.2, 0) is 6.54 Å². The Bertz CT molecular complexity index is 809. The van der Waals surface area contributed by atoms with Gasteiger partial charge in [0, 0.05) is 30.4 Å². The van der Waals surface area contributed by atoms with Crippen molar-refractivity contribution in [2.75, 3.05) is 5.32 Å². The van der Waals surface area contributed by atoms with Gasteiger partial charge in [-0.1, -0.05) is 6.07 Å². The maximum absolute atomic E-state index is 11.4. The molecule has 0 aliphatic carbocycles. The molecular weight excluding hydrogens is 294 g/mol. The van der Waals surface area contributed by atoms with Crippen molar-refractivity contribution in [1.29, 1.82) is 0 Å². The molecule has 3 rings (SSSR count). The molecule has 0 radical (unpaired) electrons. The lowest BCUT2D eigenvalue weighted by molar-refractivity contribution is 0.0697. The van der Waals surface area contributed by atoms with Crippen LogP contribution in [0.1, 0.15) is 16.1 Å². The van der Waals surface area contributed by atoms with Gasteiger partial charge in [-0.2, -0.15) is 0 Å². The third-order valence-corrected chi connectivity index (χ3v) is 3.13. The molecular formula is C16H13N5O2. The van der Waals surface area contributed by atoms with Gasteiger partial charge < -0.3 is 10.4 Å². The minimum atomic E-state index is -1.08. The van der Waals surface area contributed by atoms with Crippen LogP contribution < -0.4 is 5.32 Å². The monoisotopic (exact) mass is 307 g/mol. The Morgan fingerprint density at radius 2 is 1.91 bits per heavy atom. The maximum atomic E-state index is 11.4. The molecule has 0 amide bonds. The molecule has 0 saturated heterocycles. The Kier molecular flexibility index (Phi) is 4.19. The standard InChI is InChI=1S/C16H13N5O2/c22-15(23)13-10-20-16(19-9-12-3-1-2-6-18-12)21-14(13)11-4-7-17-8-5-11/h1-8,10H,9H2,(H,22,23)(H,19,20,21). The number of hydrogen-bond donors (Lipinski definition) is 2. The Labute approximate surface area is 132 Å². The van der Waals surface area contributed by atoms with Crippen molar-refractivity contribution < 1.29 is 9.90 Å². The minimum Gasteiger partial charge on any atom is -0.478 e. The summed E-state index contributed by atoms with van der Waals surface area (Å²) in [5, 5.41) is 12.3. The predicted molar refractivity (Wildman–Crippen MR) is 83.8 cm³/mol. The molecule has 0 unspecified atom stereocenters. The molecule has 7 nitrogen and oxygen atoms in total. The van der Waals surface area contributed by atoms with Gasteiger partial charge in [0.05, 0.1) is 17.9 Å². The van der Waals surface area contributed by atoms with Crippen LogP contribution in [0.3, 0.4) is 0 Å². The number of hydrogen-bond acceptors (Lipinski definition) is 6. The number of carboxylic acid groups (broad SMARTS) is 1. The van der Waals surface area contributed by atoms with Crippen LogP contribution >= 0.6 is 0 Å². The second kappa shape index (κ2) is 6.61. The van der Waals surface area contributed by atoms with E-state index in [0.717, 1.165) is 5.69 Å². The van der Waals surface area contributed by atoms with Gasteiger partial charge in [-0.05, 0) is 24.3 Å². The van der Waals surface area contributed by atoms with Crippen LogP contribution in [0.5, 0.6) is 0 Å². The van der Waals surface area contributed by atoms with E-state index in [1.54, 1.807) is 30.7 Å². The SMILES string of the molecule is O=C(O)c1cnc(NCc2ccccn2)nc1-c1ccncc1. The lowest BCUT2D eigenvalue weighted by Gasteiger charge is -2.09. The lowest BCUT2D eigenvalue weighted by Crippen LogP contribution is -2.09. The highest BCUT2D eigenvalue weighted by Crippen LogP contribution is 2.21. The van der Waals surface area contributed by atoms with E-state index in [0.29, 0.717) is 23.8 Å². The molecule has 0 spiro atoms. The van der Waals surface area contributed by atoms with Gasteiger partial charge in [-0.15, -0.1) is 0 Å². The topological polar surface area (TPSA) is 101 Å². The molecule has 0 aromatic carbocycles. The zero-order chi connectivity index (χ0) is 16.1. The van der Waals surface area contributed by atoms with Gasteiger partial charge in [0.25, 0.3) is 0 Å². The van der Waals surface area contributed by atoms with E-state index in [4.69, 9.17) is 0 Å². The van der Waals surface area contributed by atoms with Gasteiger partial charge in [-0.3, -0.25) is 9.97 Å². The summed E-state index contributed by atoms with van der Waals surface area (Å²) in [4.78, 5) is 27.9. The molecule has 0 saturated carbocycles.